The lowest BCUT2D eigenvalue weighted by atomic mass is 10.1. The smallest absolute Gasteiger partial charge is 0.246 e. The van der Waals surface area contributed by atoms with Crippen LogP contribution in [-0.4, -0.2) is 59.4 Å². The third kappa shape index (κ3) is 4.03. The zero-order valence-electron chi connectivity index (χ0n) is 13.6. The molecule has 1 aromatic rings. The Morgan fingerprint density at radius 2 is 1.74 bits per heavy atom. The fourth-order valence-electron chi connectivity index (χ4n) is 2.53. The van der Waals surface area contributed by atoms with E-state index in [-0.39, 0.29) is 24.1 Å². The number of phenols is 1. The van der Waals surface area contributed by atoms with Crippen molar-refractivity contribution in [3.63, 3.8) is 0 Å². The van der Waals surface area contributed by atoms with Gasteiger partial charge in [0.1, 0.15) is 5.75 Å². The fraction of sp³-hybridized carbons (Fsp3) is 0.412. The van der Waals surface area contributed by atoms with Gasteiger partial charge in [0.2, 0.25) is 11.8 Å². The van der Waals surface area contributed by atoms with Crippen LogP contribution >= 0.6 is 0 Å². The van der Waals surface area contributed by atoms with Gasteiger partial charge in [0.15, 0.2) is 0 Å². The third-order valence-electron chi connectivity index (χ3n) is 4.16. The average molecular weight is 317 g/mol. The van der Waals surface area contributed by atoms with Crippen molar-refractivity contribution in [1.29, 1.82) is 0 Å². The molecule has 6 heteroatoms. The van der Waals surface area contributed by atoms with Crippen LogP contribution in [0.25, 0.3) is 0 Å². The van der Waals surface area contributed by atoms with Crippen LogP contribution in [-0.2, 0) is 9.59 Å². The summed E-state index contributed by atoms with van der Waals surface area (Å²) in [5, 5.41) is 12.9. The van der Waals surface area contributed by atoms with E-state index in [1.165, 1.54) is 6.08 Å². The molecular weight excluding hydrogens is 294 g/mol. The monoisotopic (exact) mass is 317 g/mol. The number of hydrogen-bond acceptors (Lipinski definition) is 4. The Morgan fingerprint density at radius 1 is 1.17 bits per heavy atom. The van der Waals surface area contributed by atoms with Crippen LogP contribution in [0.1, 0.15) is 11.1 Å². The van der Waals surface area contributed by atoms with E-state index in [2.05, 4.69) is 11.9 Å². The maximum atomic E-state index is 12.2. The molecule has 1 aliphatic heterocycles. The number of amides is 2. The van der Waals surface area contributed by atoms with Crippen LogP contribution in [0, 0.1) is 13.8 Å². The molecule has 2 amide bonds. The first kappa shape index (κ1) is 16.9. The predicted molar refractivity (Wildman–Crippen MR) is 89.4 cm³/mol. The van der Waals surface area contributed by atoms with E-state index in [0.29, 0.717) is 31.9 Å². The highest BCUT2D eigenvalue weighted by atomic mass is 16.3. The summed E-state index contributed by atoms with van der Waals surface area (Å²) in [6.07, 6.45) is 1.29. The summed E-state index contributed by atoms with van der Waals surface area (Å²) in [7, 11) is 0. The minimum Gasteiger partial charge on any atom is -0.506 e. The van der Waals surface area contributed by atoms with E-state index in [4.69, 9.17) is 0 Å². The van der Waals surface area contributed by atoms with Gasteiger partial charge in [-0.3, -0.25) is 9.59 Å². The van der Waals surface area contributed by atoms with E-state index >= 15 is 0 Å². The molecule has 1 fully saturated rings. The lowest BCUT2D eigenvalue weighted by Crippen LogP contribution is -2.51. The van der Waals surface area contributed by atoms with Crippen molar-refractivity contribution < 1.29 is 14.7 Å². The highest BCUT2D eigenvalue weighted by molar-refractivity contribution is 5.87. The Bertz CT molecular complexity index is 620. The van der Waals surface area contributed by atoms with Gasteiger partial charge in [0.25, 0.3) is 0 Å². The molecule has 0 bridgehead atoms. The molecule has 0 aromatic heterocycles. The zero-order valence-corrected chi connectivity index (χ0v) is 13.6. The highest BCUT2D eigenvalue weighted by Gasteiger charge is 2.22. The van der Waals surface area contributed by atoms with Gasteiger partial charge in [-0.2, -0.15) is 0 Å². The Morgan fingerprint density at radius 3 is 2.35 bits per heavy atom. The second kappa shape index (κ2) is 7.17. The second-order valence-electron chi connectivity index (χ2n) is 5.72. The first-order valence-electron chi connectivity index (χ1n) is 7.65. The molecule has 0 unspecified atom stereocenters. The van der Waals surface area contributed by atoms with E-state index < -0.39 is 0 Å². The molecule has 0 radical (unpaired) electrons. The van der Waals surface area contributed by atoms with Gasteiger partial charge in [-0.25, -0.2) is 0 Å². The molecule has 0 aliphatic carbocycles. The standard InChI is InChI=1S/C17H23N3O3/c1-4-16(22)19-5-7-20(8-6-19)17(23)11-18-14-9-12(2)13(3)10-15(14)21/h4,9-10,18,21H,1,5-8,11H2,2-3H3. The summed E-state index contributed by atoms with van der Waals surface area (Å²) in [5.74, 6) is -0.00842. The molecule has 124 valence electrons. The zero-order chi connectivity index (χ0) is 17.0. The Hall–Kier alpha value is -2.50. The number of rotatable bonds is 4. The van der Waals surface area contributed by atoms with Crippen molar-refractivity contribution in [3.8, 4) is 5.75 Å². The van der Waals surface area contributed by atoms with Crippen LogP contribution in [0.15, 0.2) is 24.8 Å². The topological polar surface area (TPSA) is 72.9 Å². The van der Waals surface area contributed by atoms with Gasteiger partial charge < -0.3 is 20.2 Å². The summed E-state index contributed by atoms with van der Waals surface area (Å²) in [6, 6.07) is 3.51. The maximum Gasteiger partial charge on any atom is 0.246 e. The molecule has 6 nitrogen and oxygen atoms in total. The minimum absolute atomic E-state index is 0.0478. The highest BCUT2D eigenvalue weighted by Crippen LogP contribution is 2.26. The number of piperazine rings is 1. The van der Waals surface area contributed by atoms with Crippen molar-refractivity contribution in [2.45, 2.75) is 13.8 Å². The fourth-order valence-corrected chi connectivity index (χ4v) is 2.53. The molecule has 2 rings (SSSR count). The molecule has 1 aliphatic rings. The van der Waals surface area contributed by atoms with E-state index in [0.717, 1.165) is 11.1 Å². The number of carbonyl (C=O) groups is 2. The van der Waals surface area contributed by atoms with Gasteiger partial charge in [0.05, 0.1) is 12.2 Å². The largest absolute Gasteiger partial charge is 0.506 e. The van der Waals surface area contributed by atoms with Crippen molar-refractivity contribution in [2.75, 3.05) is 38.0 Å². The van der Waals surface area contributed by atoms with Crippen LogP contribution < -0.4 is 5.32 Å². The van der Waals surface area contributed by atoms with E-state index in [9.17, 15) is 14.7 Å². The normalized spacial score (nSPS) is 14.5. The number of anilines is 1. The number of benzene rings is 1. The third-order valence-corrected chi connectivity index (χ3v) is 4.16. The molecular formula is C17H23N3O3. The average Bonchev–Trinajstić information content (AvgIpc) is 2.56. The summed E-state index contributed by atoms with van der Waals surface area (Å²) in [6.45, 7) is 9.53. The molecule has 1 saturated heterocycles. The number of aryl methyl sites for hydroxylation is 2. The SMILES string of the molecule is C=CC(=O)N1CCN(C(=O)CNc2cc(C)c(C)cc2O)CC1. The van der Waals surface area contributed by atoms with E-state index in [1.807, 2.05) is 19.9 Å². The van der Waals surface area contributed by atoms with Gasteiger partial charge in [-0.1, -0.05) is 6.58 Å². The van der Waals surface area contributed by atoms with Crippen molar-refractivity contribution in [2.24, 2.45) is 0 Å². The minimum atomic E-state index is -0.102. The first-order chi connectivity index (χ1) is 10.9. The van der Waals surface area contributed by atoms with Gasteiger partial charge in [-0.05, 0) is 43.2 Å². The molecule has 1 aromatic carbocycles. The number of hydrogen-bond donors (Lipinski definition) is 2. The summed E-state index contributed by atoms with van der Waals surface area (Å²) in [4.78, 5) is 27.2. The number of carbonyl (C=O) groups excluding carboxylic acids is 2. The van der Waals surface area contributed by atoms with Crippen molar-refractivity contribution in [1.82, 2.24) is 9.80 Å². The maximum absolute atomic E-state index is 12.2. The molecule has 2 N–H and O–H groups in total. The summed E-state index contributed by atoms with van der Waals surface area (Å²) < 4.78 is 0. The Balaban J connectivity index is 1.88. The first-order valence-corrected chi connectivity index (χ1v) is 7.65. The second-order valence-corrected chi connectivity index (χ2v) is 5.72. The van der Waals surface area contributed by atoms with Crippen LogP contribution in [0.2, 0.25) is 0 Å². The molecule has 0 spiro atoms. The molecule has 23 heavy (non-hydrogen) atoms. The number of nitrogens with one attached hydrogen (secondary N) is 1. The van der Waals surface area contributed by atoms with Crippen molar-refractivity contribution in [3.05, 3.63) is 35.9 Å². The predicted octanol–water partition coefficient (Wildman–Crippen LogP) is 1.28. The summed E-state index contributed by atoms with van der Waals surface area (Å²) in [5.41, 5.74) is 2.61. The number of nitrogens with zero attached hydrogens (tertiary/aromatic N) is 2. The van der Waals surface area contributed by atoms with Crippen LogP contribution in [0.5, 0.6) is 5.75 Å². The lowest BCUT2D eigenvalue weighted by molar-refractivity contribution is -0.135. The van der Waals surface area contributed by atoms with Crippen molar-refractivity contribution >= 4 is 17.5 Å². The van der Waals surface area contributed by atoms with Crippen LogP contribution in [0.4, 0.5) is 5.69 Å². The number of aromatic hydroxyl groups is 1. The van der Waals surface area contributed by atoms with Gasteiger partial charge in [0, 0.05) is 26.2 Å². The summed E-state index contributed by atoms with van der Waals surface area (Å²) >= 11 is 0. The Labute approximate surface area is 136 Å². The lowest BCUT2D eigenvalue weighted by Gasteiger charge is -2.34. The van der Waals surface area contributed by atoms with Gasteiger partial charge >= 0.3 is 0 Å². The number of phenolic OH excluding ortho intramolecular Hbond substituents is 1. The molecule has 1 heterocycles. The van der Waals surface area contributed by atoms with E-state index in [1.54, 1.807) is 15.9 Å². The quantitative estimate of drug-likeness (QED) is 0.648. The van der Waals surface area contributed by atoms with Crippen LogP contribution in [0.3, 0.4) is 0 Å². The van der Waals surface area contributed by atoms with Gasteiger partial charge in [-0.15, -0.1) is 0 Å². The molecule has 0 saturated carbocycles. The molecule has 0 atom stereocenters. The Kier molecular flexibility index (Phi) is 5.26.